The van der Waals surface area contributed by atoms with Crippen LogP contribution in [0.25, 0.3) is 0 Å². The molecule has 0 aliphatic carbocycles. The molecule has 1 amide bonds. The second-order valence-electron chi connectivity index (χ2n) is 5.86. The number of anilines is 1. The Morgan fingerprint density at radius 1 is 0.815 bits per heavy atom. The van der Waals surface area contributed by atoms with Crippen molar-refractivity contribution >= 4 is 17.4 Å². The molecule has 0 atom stereocenters. The number of para-hydroxylation sites is 1. The van der Waals surface area contributed by atoms with Crippen LogP contribution in [0.5, 0.6) is 17.2 Å². The number of hydrogen-bond donors (Lipinski definition) is 1. The van der Waals surface area contributed by atoms with E-state index in [1.54, 1.807) is 48.5 Å². The van der Waals surface area contributed by atoms with Crippen LogP contribution in [0.1, 0.15) is 17.3 Å². The summed E-state index contributed by atoms with van der Waals surface area (Å²) in [6.45, 7) is 1.33. The number of benzene rings is 3. The molecule has 0 aliphatic rings. The summed E-state index contributed by atoms with van der Waals surface area (Å²) in [6.07, 6.45) is 0. The predicted molar refractivity (Wildman–Crippen MR) is 104 cm³/mol. The van der Waals surface area contributed by atoms with Gasteiger partial charge in [0.15, 0.2) is 12.4 Å². The Labute approximate surface area is 157 Å². The Morgan fingerprint density at radius 3 is 2.19 bits per heavy atom. The molecule has 0 radical (unpaired) electrons. The van der Waals surface area contributed by atoms with E-state index < -0.39 is 0 Å². The SMILES string of the molecule is CC(=O)c1cccc(OCC(=O)Nc2ccc(Oc3ccccc3)cc2)c1. The van der Waals surface area contributed by atoms with Crippen LogP contribution >= 0.6 is 0 Å². The number of nitrogens with one attached hydrogen (secondary N) is 1. The minimum Gasteiger partial charge on any atom is -0.484 e. The number of Topliss-reactive ketones (excluding diaryl/α,β-unsaturated/α-hetero) is 1. The van der Waals surface area contributed by atoms with E-state index in [1.807, 2.05) is 30.3 Å². The minimum atomic E-state index is -0.292. The zero-order valence-corrected chi connectivity index (χ0v) is 14.8. The fourth-order valence-corrected chi connectivity index (χ4v) is 2.38. The van der Waals surface area contributed by atoms with Gasteiger partial charge in [0.25, 0.3) is 5.91 Å². The Morgan fingerprint density at radius 2 is 1.48 bits per heavy atom. The molecular formula is C22H19NO4. The van der Waals surface area contributed by atoms with E-state index in [0.717, 1.165) is 5.75 Å². The Bertz CT molecular complexity index is 921. The lowest BCUT2D eigenvalue weighted by atomic mass is 10.1. The number of rotatable bonds is 7. The fraction of sp³-hybridized carbons (Fsp3) is 0.0909. The van der Waals surface area contributed by atoms with Gasteiger partial charge in [0.1, 0.15) is 17.2 Å². The molecule has 0 fully saturated rings. The highest BCUT2D eigenvalue weighted by Gasteiger charge is 2.06. The number of carbonyl (C=O) groups is 2. The molecule has 0 aliphatic heterocycles. The predicted octanol–water partition coefficient (Wildman–Crippen LogP) is 4.70. The van der Waals surface area contributed by atoms with Gasteiger partial charge in [-0.25, -0.2) is 0 Å². The van der Waals surface area contributed by atoms with E-state index in [4.69, 9.17) is 9.47 Å². The molecule has 3 rings (SSSR count). The van der Waals surface area contributed by atoms with Gasteiger partial charge in [-0.15, -0.1) is 0 Å². The van der Waals surface area contributed by atoms with Gasteiger partial charge < -0.3 is 14.8 Å². The van der Waals surface area contributed by atoms with Gasteiger partial charge in [-0.1, -0.05) is 30.3 Å². The minimum absolute atomic E-state index is 0.0530. The molecule has 0 aromatic heterocycles. The van der Waals surface area contributed by atoms with Crippen molar-refractivity contribution < 1.29 is 19.1 Å². The summed E-state index contributed by atoms with van der Waals surface area (Å²) >= 11 is 0. The van der Waals surface area contributed by atoms with Gasteiger partial charge in [0.05, 0.1) is 0 Å². The first-order valence-electron chi connectivity index (χ1n) is 8.47. The molecule has 27 heavy (non-hydrogen) atoms. The van der Waals surface area contributed by atoms with E-state index in [2.05, 4.69) is 5.32 Å². The third kappa shape index (κ3) is 5.44. The number of ether oxygens (including phenoxy) is 2. The molecular weight excluding hydrogens is 342 g/mol. The fourth-order valence-electron chi connectivity index (χ4n) is 2.38. The quantitative estimate of drug-likeness (QED) is 0.620. The van der Waals surface area contributed by atoms with Crippen molar-refractivity contribution in [1.29, 1.82) is 0 Å². The van der Waals surface area contributed by atoms with Crippen LogP contribution in [0, 0.1) is 0 Å². The van der Waals surface area contributed by atoms with Crippen LogP contribution < -0.4 is 14.8 Å². The highest BCUT2D eigenvalue weighted by molar-refractivity contribution is 5.94. The van der Waals surface area contributed by atoms with Crippen molar-refractivity contribution in [2.75, 3.05) is 11.9 Å². The maximum atomic E-state index is 12.0. The first-order chi connectivity index (χ1) is 13.1. The maximum absolute atomic E-state index is 12.0. The first kappa shape index (κ1) is 18.2. The van der Waals surface area contributed by atoms with Gasteiger partial charge in [0, 0.05) is 11.3 Å². The van der Waals surface area contributed by atoms with Gasteiger partial charge >= 0.3 is 0 Å². The summed E-state index contributed by atoms with van der Waals surface area (Å²) in [7, 11) is 0. The van der Waals surface area contributed by atoms with E-state index >= 15 is 0 Å². The largest absolute Gasteiger partial charge is 0.484 e. The molecule has 0 unspecified atom stereocenters. The lowest BCUT2D eigenvalue weighted by Crippen LogP contribution is -2.20. The monoisotopic (exact) mass is 361 g/mol. The molecule has 0 saturated carbocycles. The second kappa shape index (κ2) is 8.67. The summed E-state index contributed by atoms with van der Waals surface area (Å²) in [5.41, 5.74) is 1.18. The Balaban J connectivity index is 1.52. The normalized spacial score (nSPS) is 10.1. The van der Waals surface area contributed by atoms with Crippen molar-refractivity contribution in [2.24, 2.45) is 0 Å². The Hall–Kier alpha value is -3.60. The molecule has 5 heteroatoms. The molecule has 136 valence electrons. The highest BCUT2D eigenvalue weighted by atomic mass is 16.5. The van der Waals surface area contributed by atoms with E-state index in [9.17, 15) is 9.59 Å². The lowest BCUT2D eigenvalue weighted by Gasteiger charge is -2.09. The third-order valence-corrected chi connectivity index (χ3v) is 3.73. The summed E-state index contributed by atoms with van der Waals surface area (Å²) in [5, 5.41) is 2.75. The smallest absolute Gasteiger partial charge is 0.262 e. The summed E-state index contributed by atoms with van der Waals surface area (Å²) in [5.74, 6) is 1.55. The first-order valence-corrected chi connectivity index (χ1v) is 8.47. The van der Waals surface area contributed by atoms with Crippen molar-refractivity contribution in [1.82, 2.24) is 0 Å². The average molecular weight is 361 g/mol. The Kier molecular flexibility index (Phi) is 5.84. The summed E-state index contributed by atoms with van der Waals surface area (Å²) in [6, 6.07) is 23.3. The summed E-state index contributed by atoms with van der Waals surface area (Å²) < 4.78 is 11.2. The van der Waals surface area contributed by atoms with Crippen LogP contribution in [0.3, 0.4) is 0 Å². The van der Waals surface area contributed by atoms with Gasteiger partial charge in [-0.05, 0) is 55.5 Å². The zero-order valence-electron chi connectivity index (χ0n) is 14.8. The number of carbonyl (C=O) groups excluding carboxylic acids is 2. The van der Waals surface area contributed by atoms with E-state index in [-0.39, 0.29) is 18.3 Å². The molecule has 0 heterocycles. The van der Waals surface area contributed by atoms with Crippen LogP contribution in [-0.4, -0.2) is 18.3 Å². The maximum Gasteiger partial charge on any atom is 0.262 e. The molecule has 1 N–H and O–H groups in total. The van der Waals surface area contributed by atoms with Crippen LogP contribution in [0.4, 0.5) is 5.69 Å². The van der Waals surface area contributed by atoms with Crippen molar-refractivity contribution in [3.8, 4) is 17.2 Å². The van der Waals surface area contributed by atoms with Crippen LogP contribution in [0.15, 0.2) is 78.9 Å². The van der Waals surface area contributed by atoms with Crippen molar-refractivity contribution in [3.05, 3.63) is 84.4 Å². The van der Waals surface area contributed by atoms with E-state index in [0.29, 0.717) is 22.7 Å². The molecule has 0 saturated heterocycles. The standard InChI is InChI=1S/C22H19NO4/c1-16(24)17-6-5-9-21(14-17)26-15-22(25)23-18-10-12-20(13-11-18)27-19-7-3-2-4-8-19/h2-14H,15H2,1H3,(H,23,25). The molecule has 3 aromatic carbocycles. The van der Waals surface area contributed by atoms with Crippen molar-refractivity contribution in [2.45, 2.75) is 6.92 Å². The molecule has 0 bridgehead atoms. The highest BCUT2D eigenvalue weighted by Crippen LogP contribution is 2.22. The van der Waals surface area contributed by atoms with Gasteiger partial charge in [-0.2, -0.15) is 0 Å². The summed E-state index contributed by atoms with van der Waals surface area (Å²) in [4.78, 5) is 23.4. The topological polar surface area (TPSA) is 64.6 Å². The van der Waals surface area contributed by atoms with Gasteiger partial charge in [0.2, 0.25) is 0 Å². The van der Waals surface area contributed by atoms with Crippen molar-refractivity contribution in [3.63, 3.8) is 0 Å². The molecule has 5 nitrogen and oxygen atoms in total. The average Bonchev–Trinajstić information content (AvgIpc) is 2.69. The number of amides is 1. The third-order valence-electron chi connectivity index (χ3n) is 3.73. The van der Waals surface area contributed by atoms with E-state index in [1.165, 1.54) is 6.92 Å². The second-order valence-corrected chi connectivity index (χ2v) is 5.86. The number of ketones is 1. The zero-order chi connectivity index (χ0) is 19.1. The molecule has 3 aromatic rings. The van der Waals surface area contributed by atoms with Crippen LogP contribution in [0.2, 0.25) is 0 Å². The number of hydrogen-bond acceptors (Lipinski definition) is 4. The lowest BCUT2D eigenvalue weighted by molar-refractivity contribution is -0.118. The molecule has 0 spiro atoms. The van der Waals surface area contributed by atoms with Crippen LogP contribution in [-0.2, 0) is 4.79 Å². The van der Waals surface area contributed by atoms with Gasteiger partial charge in [-0.3, -0.25) is 9.59 Å².